The van der Waals surface area contributed by atoms with E-state index in [0.717, 1.165) is 13.0 Å². The highest BCUT2D eigenvalue weighted by Gasteiger charge is 2.14. The van der Waals surface area contributed by atoms with Crippen molar-refractivity contribution in [3.8, 4) is 0 Å². The normalized spacial score (nSPS) is 12.9. The molecule has 1 nitrogen and oxygen atoms in total. The minimum Gasteiger partial charge on any atom is -0.309 e. The number of nitrogens with one attached hydrogen (secondary N) is 1. The lowest BCUT2D eigenvalue weighted by Crippen LogP contribution is -2.21. The van der Waals surface area contributed by atoms with Crippen LogP contribution >= 0.6 is 38.6 Å². The molecule has 1 N–H and O–H groups in total. The van der Waals surface area contributed by atoms with Crippen LogP contribution < -0.4 is 5.32 Å². The van der Waals surface area contributed by atoms with Crippen molar-refractivity contribution in [3.05, 3.63) is 42.7 Å². The average Bonchev–Trinajstić information content (AvgIpc) is 2.87. The lowest BCUT2D eigenvalue weighted by Gasteiger charge is -2.15. The second kappa shape index (κ2) is 6.14. The summed E-state index contributed by atoms with van der Waals surface area (Å²) in [6.45, 7) is 5.34. The molecule has 4 heteroatoms. The Kier molecular flexibility index (Phi) is 4.79. The quantitative estimate of drug-likeness (QED) is 0.832. The number of hydrogen-bond acceptors (Lipinski definition) is 3. The van der Waals surface area contributed by atoms with Gasteiger partial charge in [0.25, 0.3) is 0 Å². The molecule has 0 saturated heterocycles. The summed E-state index contributed by atoms with van der Waals surface area (Å²) in [6.07, 6.45) is 1.07. The van der Waals surface area contributed by atoms with Crippen LogP contribution in [0.1, 0.15) is 27.6 Å². The lowest BCUT2D eigenvalue weighted by atomic mass is 10.1. The summed E-state index contributed by atoms with van der Waals surface area (Å²) >= 11 is 7.24. The van der Waals surface area contributed by atoms with Gasteiger partial charge in [-0.3, -0.25) is 0 Å². The van der Waals surface area contributed by atoms with Crippen LogP contribution in [-0.4, -0.2) is 6.54 Å². The van der Waals surface area contributed by atoms with Gasteiger partial charge in [0.05, 0.1) is 3.79 Å². The van der Waals surface area contributed by atoms with Crippen molar-refractivity contribution >= 4 is 38.6 Å². The molecule has 2 heterocycles. The smallest absolute Gasteiger partial charge is 0.0701 e. The Morgan fingerprint density at radius 3 is 2.59 bits per heavy atom. The molecule has 0 spiro atoms. The van der Waals surface area contributed by atoms with Crippen molar-refractivity contribution < 1.29 is 0 Å². The predicted octanol–water partition coefficient (Wildman–Crippen LogP) is 4.77. The maximum absolute atomic E-state index is 3.57. The molecule has 17 heavy (non-hydrogen) atoms. The van der Waals surface area contributed by atoms with Crippen molar-refractivity contribution in [2.75, 3.05) is 6.54 Å². The van der Waals surface area contributed by atoms with E-state index in [0.29, 0.717) is 6.04 Å². The third-order valence-corrected chi connectivity index (χ3v) is 5.35. The molecule has 0 aliphatic rings. The van der Waals surface area contributed by atoms with E-state index in [-0.39, 0.29) is 0 Å². The fourth-order valence-electron chi connectivity index (χ4n) is 1.82. The van der Waals surface area contributed by atoms with Crippen molar-refractivity contribution in [1.82, 2.24) is 5.32 Å². The molecule has 0 fully saturated rings. The standard InChI is InChI=1S/C13H16BrNS2/c1-3-15-11(12-6-4-9(2)16-12)8-10-5-7-13(14)17-10/h4-7,11,15H,3,8H2,1-2H3. The predicted molar refractivity (Wildman–Crippen MR) is 81.2 cm³/mol. The van der Waals surface area contributed by atoms with Gasteiger partial charge in [0.15, 0.2) is 0 Å². The fourth-order valence-corrected chi connectivity index (χ4v) is 4.30. The highest BCUT2D eigenvalue weighted by atomic mass is 79.9. The molecule has 92 valence electrons. The maximum Gasteiger partial charge on any atom is 0.0701 e. The van der Waals surface area contributed by atoms with Crippen LogP contribution in [0.25, 0.3) is 0 Å². The topological polar surface area (TPSA) is 12.0 Å². The molecule has 1 unspecified atom stereocenters. The molecule has 0 bridgehead atoms. The summed E-state index contributed by atoms with van der Waals surface area (Å²) in [5, 5.41) is 3.57. The van der Waals surface area contributed by atoms with E-state index < -0.39 is 0 Å². The summed E-state index contributed by atoms with van der Waals surface area (Å²) in [5.41, 5.74) is 0. The maximum atomic E-state index is 3.57. The number of halogens is 1. The van der Waals surface area contributed by atoms with Crippen LogP contribution in [0.2, 0.25) is 0 Å². The van der Waals surface area contributed by atoms with E-state index in [1.54, 1.807) is 0 Å². The number of likely N-dealkylation sites (N-methyl/N-ethyl adjacent to an activating group) is 1. The van der Waals surface area contributed by atoms with Gasteiger partial charge in [0.1, 0.15) is 0 Å². The van der Waals surface area contributed by atoms with Crippen LogP contribution in [-0.2, 0) is 6.42 Å². The van der Waals surface area contributed by atoms with Crippen molar-refractivity contribution in [3.63, 3.8) is 0 Å². The molecule has 0 radical (unpaired) electrons. The molecule has 0 saturated carbocycles. The van der Waals surface area contributed by atoms with E-state index >= 15 is 0 Å². The van der Waals surface area contributed by atoms with Crippen molar-refractivity contribution in [2.24, 2.45) is 0 Å². The van der Waals surface area contributed by atoms with Gasteiger partial charge in [-0.25, -0.2) is 0 Å². The van der Waals surface area contributed by atoms with Gasteiger partial charge in [-0.1, -0.05) is 6.92 Å². The number of hydrogen-bond donors (Lipinski definition) is 1. The van der Waals surface area contributed by atoms with E-state index in [4.69, 9.17) is 0 Å². The Morgan fingerprint density at radius 1 is 1.24 bits per heavy atom. The summed E-state index contributed by atoms with van der Waals surface area (Å²) in [6, 6.07) is 9.23. The Labute approximate surface area is 119 Å². The molecule has 0 amide bonds. The van der Waals surface area contributed by atoms with Crippen molar-refractivity contribution in [1.29, 1.82) is 0 Å². The second-order valence-corrected chi connectivity index (χ2v) is 7.84. The zero-order chi connectivity index (χ0) is 12.3. The Bertz CT molecular complexity index is 475. The van der Waals surface area contributed by atoms with E-state index in [1.165, 1.54) is 18.4 Å². The minimum absolute atomic E-state index is 0.448. The number of thiophene rings is 2. The van der Waals surface area contributed by atoms with E-state index in [9.17, 15) is 0 Å². The first kappa shape index (κ1) is 13.3. The van der Waals surface area contributed by atoms with Gasteiger partial charge in [0.2, 0.25) is 0 Å². The van der Waals surface area contributed by atoms with Crippen LogP contribution in [0.3, 0.4) is 0 Å². The third kappa shape index (κ3) is 3.65. The van der Waals surface area contributed by atoms with Crippen LogP contribution in [0.15, 0.2) is 28.1 Å². The molecular formula is C13H16BrNS2. The monoisotopic (exact) mass is 329 g/mol. The zero-order valence-electron chi connectivity index (χ0n) is 10.00. The van der Waals surface area contributed by atoms with Crippen molar-refractivity contribution in [2.45, 2.75) is 26.3 Å². The highest BCUT2D eigenvalue weighted by Crippen LogP contribution is 2.29. The molecule has 0 aliphatic heterocycles. The Balaban J connectivity index is 2.12. The largest absolute Gasteiger partial charge is 0.309 e. The molecular weight excluding hydrogens is 314 g/mol. The molecule has 2 aromatic heterocycles. The van der Waals surface area contributed by atoms with Gasteiger partial charge in [0, 0.05) is 27.1 Å². The molecule has 0 aromatic carbocycles. The SMILES string of the molecule is CCNC(Cc1ccc(Br)s1)c1ccc(C)s1. The fraction of sp³-hybridized carbons (Fsp3) is 0.385. The zero-order valence-corrected chi connectivity index (χ0v) is 13.2. The van der Waals surface area contributed by atoms with Crippen LogP contribution in [0.4, 0.5) is 0 Å². The summed E-state index contributed by atoms with van der Waals surface area (Å²) in [7, 11) is 0. The van der Waals surface area contributed by atoms with E-state index in [2.05, 4.69) is 59.4 Å². The van der Waals surface area contributed by atoms with Gasteiger partial charge in [-0.2, -0.15) is 0 Å². The van der Waals surface area contributed by atoms with Crippen LogP contribution in [0, 0.1) is 6.92 Å². The average molecular weight is 330 g/mol. The molecule has 0 aliphatic carbocycles. The number of rotatable bonds is 5. The summed E-state index contributed by atoms with van der Waals surface area (Å²) in [5.74, 6) is 0. The summed E-state index contributed by atoms with van der Waals surface area (Å²) < 4.78 is 1.21. The van der Waals surface area contributed by atoms with Gasteiger partial charge in [-0.15, -0.1) is 22.7 Å². The highest BCUT2D eigenvalue weighted by molar-refractivity contribution is 9.11. The van der Waals surface area contributed by atoms with E-state index in [1.807, 2.05) is 22.7 Å². The van der Waals surface area contributed by atoms with Gasteiger partial charge < -0.3 is 5.32 Å². The molecule has 2 rings (SSSR count). The summed E-state index contributed by atoms with van der Waals surface area (Å²) in [4.78, 5) is 4.25. The molecule has 1 atom stereocenters. The Hall–Kier alpha value is -0.160. The molecule has 2 aromatic rings. The number of aryl methyl sites for hydroxylation is 1. The van der Waals surface area contributed by atoms with Crippen LogP contribution in [0.5, 0.6) is 0 Å². The Morgan fingerprint density at radius 2 is 2.06 bits per heavy atom. The van der Waals surface area contributed by atoms with Gasteiger partial charge >= 0.3 is 0 Å². The lowest BCUT2D eigenvalue weighted by molar-refractivity contribution is 0.562. The first-order valence-electron chi connectivity index (χ1n) is 5.73. The second-order valence-electron chi connectivity index (χ2n) is 3.97. The van der Waals surface area contributed by atoms with Gasteiger partial charge in [-0.05, 0) is 53.7 Å². The first-order valence-corrected chi connectivity index (χ1v) is 8.15. The minimum atomic E-state index is 0.448. The first-order chi connectivity index (χ1) is 8.19. The third-order valence-electron chi connectivity index (χ3n) is 2.59.